The number of alkyl halides is 3. The summed E-state index contributed by atoms with van der Waals surface area (Å²) >= 11 is 5.90. The van der Waals surface area contributed by atoms with Crippen molar-refractivity contribution < 1.29 is 37.4 Å². The third kappa shape index (κ3) is 8.39. The summed E-state index contributed by atoms with van der Waals surface area (Å²) in [7, 11) is 0. The van der Waals surface area contributed by atoms with Gasteiger partial charge in [0.15, 0.2) is 0 Å². The molecule has 0 amide bonds. The Morgan fingerprint density at radius 3 is 2.52 bits per heavy atom. The standard InChI is InChI=1S/C26H28ClF3N4O6/c27-25-31-24(34(36)37)16-33(25)13-10-19(35)17-39-22-8-9-23-18(15-22)3-1-11-32(23)12-2-14-38-20-4-6-21(7-5-20)40-26(28,29)30/h4-9,15-16,19,35H,1-3,10-14,17H2. The lowest BCUT2D eigenvalue weighted by Crippen LogP contribution is -2.31. The molecule has 14 heteroatoms. The average molecular weight is 585 g/mol. The van der Waals surface area contributed by atoms with Crippen LogP contribution in [-0.4, -0.2) is 58.4 Å². The number of nitro groups is 1. The van der Waals surface area contributed by atoms with Gasteiger partial charge in [0.1, 0.15) is 30.1 Å². The molecular weight excluding hydrogens is 557 g/mol. The Hall–Kier alpha value is -3.71. The Bertz CT molecular complexity index is 1290. The Labute approximate surface area is 233 Å². The van der Waals surface area contributed by atoms with Crippen molar-refractivity contribution in [1.82, 2.24) is 9.55 Å². The van der Waals surface area contributed by atoms with E-state index in [4.69, 9.17) is 21.1 Å². The average Bonchev–Trinajstić information content (AvgIpc) is 3.29. The lowest BCUT2D eigenvalue weighted by atomic mass is 10.0. The lowest BCUT2D eigenvalue weighted by molar-refractivity contribution is -0.389. The molecule has 3 aromatic rings. The van der Waals surface area contributed by atoms with E-state index in [1.54, 1.807) is 0 Å². The third-order valence-corrected chi connectivity index (χ3v) is 6.51. The van der Waals surface area contributed by atoms with E-state index in [1.807, 2.05) is 18.2 Å². The van der Waals surface area contributed by atoms with Crippen LogP contribution in [0.2, 0.25) is 5.28 Å². The van der Waals surface area contributed by atoms with E-state index >= 15 is 0 Å². The molecule has 1 unspecified atom stereocenters. The van der Waals surface area contributed by atoms with Crippen molar-refractivity contribution in [2.45, 2.75) is 44.7 Å². The van der Waals surface area contributed by atoms with E-state index in [-0.39, 0.29) is 36.4 Å². The predicted molar refractivity (Wildman–Crippen MR) is 140 cm³/mol. The summed E-state index contributed by atoms with van der Waals surface area (Å²) < 4.78 is 53.6. The highest BCUT2D eigenvalue weighted by molar-refractivity contribution is 6.28. The highest BCUT2D eigenvalue weighted by Crippen LogP contribution is 2.31. The fraction of sp³-hybridized carbons (Fsp3) is 0.423. The molecule has 0 fully saturated rings. The van der Waals surface area contributed by atoms with Crippen molar-refractivity contribution in [2.75, 3.05) is 31.2 Å². The van der Waals surface area contributed by atoms with Gasteiger partial charge in [-0.25, -0.2) is 0 Å². The summed E-state index contributed by atoms with van der Waals surface area (Å²) in [5.74, 6) is 0.457. The van der Waals surface area contributed by atoms with Gasteiger partial charge in [0, 0.05) is 25.3 Å². The summed E-state index contributed by atoms with van der Waals surface area (Å²) in [6.07, 6.45) is -1.45. The molecule has 1 atom stereocenters. The normalized spacial score (nSPS) is 14.0. The van der Waals surface area contributed by atoms with E-state index < -0.39 is 17.4 Å². The Balaban J connectivity index is 1.21. The molecular formula is C26H28ClF3N4O6. The third-order valence-electron chi connectivity index (χ3n) is 6.21. The van der Waals surface area contributed by atoms with Gasteiger partial charge in [0.2, 0.25) is 0 Å². The summed E-state index contributed by atoms with van der Waals surface area (Å²) in [5, 5.41) is 21.1. The molecule has 40 heavy (non-hydrogen) atoms. The molecule has 0 saturated carbocycles. The minimum atomic E-state index is -4.73. The number of rotatable bonds is 13. The largest absolute Gasteiger partial charge is 0.573 e. The van der Waals surface area contributed by atoms with Gasteiger partial charge in [0.05, 0.1) is 12.7 Å². The van der Waals surface area contributed by atoms with E-state index in [9.17, 15) is 28.4 Å². The number of benzene rings is 2. The molecule has 1 aromatic heterocycles. The van der Waals surface area contributed by atoms with Crippen LogP contribution in [0, 0.1) is 10.1 Å². The number of fused-ring (bicyclic) bond motifs is 1. The second-order valence-electron chi connectivity index (χ2n) is 9.17. The van der Waals surface area contributed by atoms with E-state index in [0.29, 0.717) is 18.1 Å². The number of aliphatic hydroxyl groups is 1. The van der Waals surface area contributed by atoms with Crippen molar-refractivity contribution in [2.24, 2.45) is 0 Å². The maximum atomic E-state index is 12.3. The Kier molecular flexibility index (Phi) is 9.58. The molecule has 0 aliphatic carbocycles. The molecule has 1 N–H and O–H groups in total. The van der Waals surface area contributed by atoms with Gasteiger partial charge >= 0.3 is 17.5 Å². The number of aliphatic hydroxyl groups excluding tert-OH is 1. The van der Waals surface area contributed by atoms with Crippen LogP contribution < -0.4 is 19.1 Å². The van der Waals surface area contributed by atoms with Crippen LogP contribution in [0.15, 0.2) is 48.7 Å². The van der Waals surface area contributed by atoms with Crippen LogP contribution in [-0.2, 0) is 13.0 Å². The molecule has 0 spiro atoms. The second-order valence-corrected chi connectivity index (χ2v) is 9.51. The van der Waals surface area contributed by atoms with Crippen LogP contribution in [0.25, 0.3) is 0 Å². The minimum Gasteiger partial charge on any atom is -0.494 e. The van der Waals surface area contributed by atoms with Crippen molar-refractivity contribution >= 4 is 23.1 Å². The quantitative estimate of drug-likeness (QED) is 0.162. The zero-order chi connectivity index (χ0) is 28.7. The van der Waals surface area contributed by atoms with Crippen molar-refractivity contribution in [3.8, 4) is 17.2 Å². The number of anilines is 1. The number of nitrogens with zero attached hydrogens (tertiary/aromatic N) is 4. The molecule has 2 heterocycles. The van der Waals surface area contributed by atoms with Crippen LogP contribution >= 0.6 is 11.6 Å². The van der Waals surface area contributed by atoms with Crippen molar-refractivity contribution in [3.05, 3.63) is 69.6 Å². The fourth-order valence-electron chi connectivity index (χ4n) is 4.35. The number of aryl methyl sites for hydroxylation is 2. The maximum absolute atomic E-state index is 12.3. The summed E-state index contributed by atoms with van der Waals surface area (Å²) in [6.45, 7) is 2.35. The first-order chi connectivity index (χ1) is 19.1. The minimum absolute atomic E-state index is 0.0146. The van der Waals surface area contributed by atoms with E-state index in [0.717, 1.165) is 43.6 Å². The molecule has 0 radical (unpaired) electrons. The van der Waals surface area contributed by atoms with Crippen molar-refractivity contribution in [1.29, 1.82) is 0 Å². The lowest BCUT2D eigenvalue weighted by Gasteiger charge is -2.31. The van der Waals surface area contributed by atoms with Crippen LogP contribution in [0.1, 0.15) is 24.8 Å². The van der Waals surface area contributed by atoms with Gasteiger partial charge in [-0.3, -0.25) is 4.57 Å². The zero-order valence-electron chi connectivity index (χ0n) is 21.3. The highest BCUT2D eigenvalue weighted by atomic mass is 35.5. The molecule has 1 aliphatic rings. The van der Waals surface area contributed by atoms with Gasteiger partial charge in [-0.1, -0.05) is 0 Å². The smallest absolute Gasteiger partial charge is 0.494 e. The van der Waals surface area contributed by atoms with Crippen LogP contribution in [0.4, 0.5) is 24.7 Å². The zero-order valence-corrected chi connectivity index (χ0v) is 22.1. The maximum Gasteiger partial charge on any atom is 0.573 e. The van der Waals surface area contributed by atoms with E-state index in [2.05, 4.69) is 14.6 Å². The first kappa shape index (κ1) is 29.3. The topological polar surface area (TPSA) is 112 Å². The summed E-state index contributed by atoms with van der Waals surface area (Å²) in [5.41, 5.74) is 2.24. The summed E-state index contributed by atoms with van der Waals surface area (Å²) in [6, 6.07) is 11.1. The van der Waals surface area contributed by atoms with Crippen LogP contribution in [0.5, 0.6) is 17.2 Å². The first-order valence-corrected chi connectivity index (χ1v) is 13.0. The van der Waals surface area contributed by atoms with Crippen LogP contribution in [0.3, 0.4) is 0 Å². The van der Waals surface area contributed by atoms with Crippen molar-refractivity contribution in [3.63, 3.8) is 0 Å². The highest BCUT2D eigenvalue weighted by Gasteiger charge is 2.31. The predicted octanol–water partition coefficient (Wildman–Crippen LogP) is 5.40. The summed E-state index contributed by atoms with van der Waals surface area (Å²) in [4.78, 5) is 16.1. The van der Waals surface area contributed by atoms with Gasteiger partial charge in [-0.2, -0.15) is 0 Å². The molecule has 0 saturated heterocycles. The molecule has 4 rings (SSSR count). The number of aromatic nitrogens is 2. The number of hydrogen-bond donors (Lipinski definition) is 1. The Morgan fingerprint density at radius 1 is 1.10 bits per heavy atom. The number of halogens is 4. The monoisotopic (exact) mass is 584 g/mol. The SMILES string of the molecule is O=[N+]([O-])c1cn(CCC(O)COc2ccc3c(c2)CCCN3CCCOc2ccc(OC(F)(F)F)cc2)c(Cl)n1. The van der Waals surface area contributed by atoms with Gasteiger partial charge < -0.3 is 34.3 Å². The van der Waals surface area contributed by atoms with E-state index in [1.165, 1.54) is 35.0 Å². The second kappa shape index (κ2) is 13.1. The number of ether oxygens (including phenoxy) is 3. The first-order valence-electron chi connectivity index (χ1n) is 12.6. The van der Waals surface area contributed by atoms with Gasteiger partial charge in [0.25, 0.3) is 0 Å². The number of imidazole rings is 1. The van der Waals surface area contributed by atoms with Gasteiger partial charge in [-0.05, 0) is 95.2 Å². The van der Waals surface area contributed by atoms with Gasteiger partial charge in [-0.15, -0.1) is 13.2 Å². The molecule has 216 valence electrons. The fourth-order valence-corrected chi connectivity index (χ4v) is 4.57. The molecule has 1 aliphatic heterocycles. The molecule has 0 bridgehead atoms. The molecule has 10 nitrogen and oxygen atoms in total. The molecule has 2 aromatic carbocycles. The Morgan fingerprint density at radius 2 is 1.82 bits per heavy atom. The number of hydrogen-bond acceptors (Lipinski definition) is 8.